The van der Waals surface area contributed by atoms with Gasteiger partial charge in [0.2, 0.25) is 0 Å². The molecule has 1 rings (SSSR count). The predicted octanol–water partition coefficient (Wildman–Crippen LogP) is 0.243. The van der Waals surface area contributed by atoms with Crippen LogP contribution in [0, 0.1) is 0 Å². The van der Waals surface area contributed by atoms with E-state index in [0.29, 0.717) is 0 Å². The van der Waals surface area contributed by atoms with E-state index in [4.69, 9.17) is 0 Å². The molecule has 0 aromatic heterocycles. The van der Waals surface area contributed by atoms with Crippen LogP contribution in [0.4, 0.5) is 4.79 Å². The minimum Gasteiger partial charge on any atom is -0.271 e. The van der Waals surface area contributed by atoms with Gasteiger partial charge in [0.05, 0.1) is 12.9 Å². The summed E-state index contributed by atoms with van der Waals surface area (Å²) in [4.78, 5) is 25.6. The minimum atomic E-state index is -0.331. The van der Waals surface area contributed by atoms with Crippen LogP contribution in [0.3, 0.4) is 0 Å². The van der Waals surface area contributed by atoms with Crippen molar-refractivity contribution in [1.82, 2.24) is 5.06 Å². The van der Waals surface area contributed by atoms with E-state index in [2.05, 4.69) is 4.84 Å². The summed E-state index contributed by atoms with van der Waals surface area (Å²) in [7, 11) is 1.29. The maximum absolute atomic E-state index is 10.6. The zero-order chi connectivity index (χ0) is 6.85. The molecule has 0 bridgehead atoms. The fraction of sp³-hybridized carbons (Fsp3) is 0.500. The topological polar surface area (TPSA) is 46.6 Å². The molecule has 1 saturated heterocycles. The van der Waals surface area contributed by atoms with Gasteiger partial charge in [-0.15, -0.1) is 5.06 Å². The molecule has 1 aliphatic rings. The molecule has 0 unspecified atom stereocenters. The van der Waals surface area contributed by atoms with Crippen LogP contribution in [0.25, 0.3) is 0 Å². The molecule has 5 heteroatoms. The molecule has 50 valence electrons. The van der Waals surface area contributed by atoms with Crippen molar-refractivity contribution in [3.63, 3.8) is 0 Å². The van der Waals surface area contributed by atoms with Gasteiger partial charge >= 0.3 is 5.24 Å². The van der Waals surface area contributed by atoms with Crippen LogP contribution in [0.5, 0.6) is 0 Å². The van der Waals surface area contributed by atoms with Crippen molar-refractivity contribution in [2.75, 3.05) is 12.9 Å². The van der Waals surface area contributed by atoms with E-state index in [9.17, 15) is 9.59 Å². The Bertz CT molecular complexity index is 142. The van der Waals surface area contributed by atoms with Crippen molar-refractivity contribution >= 4 is 22.9 Å². The summed E-state index contributed by atoms with van der Waals surface area (Å²) < 4.78 is 0. The zero-order valence-electron chi connectivity index (χ0n) is 4.79. The summed E-state index contributed by atoms with van der Waals surface area (Å²) in [6.07, 6.45) is 0. The van der Waals surface area contributed by atoms with E-state index >= 15 is 0 Å². The first kappa shape index (κ1) is 6.57. The molecule has 9 heavy (non-hydrogen) atoms. The predicted molar refractivity (Wildman–Crippen MR) is 31.7 cm³/mol. The van der Waals surface area contributed by atoms with Crippen molar-refractivity contribution in [2.45, 2.75) is 0 Å². The summed E-state index contributed by atoms with van der Waals surface area (Å²) in [5, 5.41) is 0.424. The number of imide groups is 1. The Morgan fingerprint density at radius 3 is 2.56 bits per heavy atom. The number of hydroxylamine groups is 2. The second kappa shape index (κ2) is 2.36. The maximum Gasteiger partial charge on any atom is 0.313 e. The molecule has 0 radical (unpaired) electrons. The molecular weight excluding hydrogens is 142 g/mol. The Morgan fingerprint density at radius 2 is 2.33 bits per heavy atom. The first-order chi connectivity index (χ1) is 4.25. The highest BCUT2D eigenvalue weighted by Gasteiger charge is 2.29. The van der Waals surface area contributed by atoms with E-state index in [-0.39, 0.29) is 16.9 Å². The van der Waals surface area contributed by atoms with Crippen molar-refractivity contribution in [2.24, 2.45) is 0 Å². The van der Waals surface area contributed by atoms with Crippen molar-refractivity contribution in [1.29, 1.82) is 0 Å². The summed E-state index contributed by atoms with van der Waals surface area (Å²) in [5.74, 6) is -0.0837. The Morgan fingerprint density at radius 1 is 1.67 bits per heavy atom. The van der Waals surface area contributed by atoms with Crippen molar-refractivity contribution in [3.05, 3.63) is 0 Å². The molecule has 1 heterocycles. The van der Waals surface area contributed by atoms with Crippen LogP contribution in [0.1, 0.15) is 0 Å². The SMILES string of the molecule is CON1C(=O)CSC1=O. The third-order valence-electron chi connectivity index (χ3n) is 0.894. The number of amides is 2. The highest BCUT2D eigenvalue weighted by molar-refractivity contribution is 8.14. The van der Waals surface area contributed by atoms with Gasteiger partial charge in [0.1, 0.15) is 0 Å². The van der Waals surface area contributed by atoms with Gasteiger partial charge in [-0.05, 0) is 0 Å². The van der Waals surface area contributed by atoms with Crippen LogP contribution in [0.2, 0.25) is 0 Å². The molecular formula is C4H5NO3S. The number of carbonyl (C=O) groups is 2. The molecule has 4 nitrogen and oxygen atoms in total. The third kappa shape index (κ3) is 1.06. The Kier molecular flexibility index (Phi) is 1.73. The number of hydrogen-bond donors (Lipinski definition) is 0. The molecule has 0 saturated carbocycles. The molecule has 1 aliphatic heterocycles. The quantitative estimate of drug-likeness (QED) is 0.533. The number of hydrogen-bond acceptors (Lipinski definition) is 4. The van der Waals surface area contributed by atoms with Crippen LogP contribution in [0.15, 0.2) is 0 Å². The fourth-order valence-electron chi connectivity index (χ4n) is 0.519. The maximum atomic E-state index is 10.6. The summed E-state index contributed by atoms with van der Waals surface area (Å²) in [6.45, 7) is 0. The lowest BCUT2D eigenvalue weighted by Gasteiger charge is -2.05. The van der Waals surface area contributed by atoms with Crippen molar-refractivity contribution < 1.29 is 14.4 Å². The van der Waals surface area contributed by atoms with E-state index in [1.165, 1.54) is 7.11 Å². The lowest BCUT2D eigenvalue weighted by molar-refractivity contribution is -0.153. The Hall–Kier alpha value is -0.550. The first-order valence-electron chi connectivity index (χ1n) is 2.29. The second-order valence-corrected chi connectivity index (χ2v) is 2.35. The smallest absolute Gasteiger partial charge is 0.271 e. The van der Waals surface area contributed by atoms with Gasteiger partial charge in [-0.2, -0.15) is 0 Å². The largest absolute Gasteiger partial charge is 0.313 e. The lowest BCUT2D eigenvalue weighted by Crippen LogP contribution is -2.26. The molecule has 0 atom stereocenters. The standard InChI is InChI=1S/C4H5NO3S/c1-8-5-3(6)2-9-4(5)7/h2H2,1H3. The third-order valence-corrected chi connectivity index (χ3v) is 1.70. The number of carbonyl (C=O) groups excluding carboxylic acids is 2. The number of nitrogens with zero attached hydrogens (tertiary/aromatic N) is 1. The van der Waals surface area contributed by atoms with Gasteiger partial charge in [-0.25, -0.2) is 0 Å². The van der Waals surface area contributed by atoms with Gasteiger partial charge in [0.15, 0.2) is 0 Å². The van der Waals surface area contributed by atoms with E-state index < -0.39 is 0 Å². The minimum absolute atomic E-state index is 0.201. The average Bonchev–Trinajstić information content (AvgIpc) is 2.12. The van der Waals surface area contributed by atoms with E-state index in [1.807, 2.05) is 0 Å². The zero-order valence-corrected chi connectivity index (χ0v) is 5.60. The fourth-order valence-corrected chi connectivity index (χ4v) is 1.18. The number of thioether (sulfide) groups is 1. The van der Waals surface area contributed by atoms with Gasteiger partial charge in [0, 0.05) is 0 Å². The molecule has 0 aliphatic carbocycles. The van der Waals surface area contributed by atoms with Crippen LogP contribution >= 0.6 is 11.8 Å². The number of rotatable bonds is 1. The van der Waals surface area contributed by atoms with Gasteiger partial charge < -0.3 is 0 Å². The first-order valence-corrected chi connectivity index (χ1v) is 3.28. The summed E-state index contributed by atoms with van der Waals surface area (Å²) >= 11 is 0.951. The van der Waals surface area contributed by atoms with Crippen molar-refractivity contribution in [3.8, 4) is 0 Å². The molecule has 2 amide bonds. The highest BCUT2D eigenvalue weighted by atomic mass is 32.2. The Labute approximate surface area is 56.1 Å². The molecule has 0 N–H and O–H groups in total. The molecule has 0 aromatic carbocycles. The molecule has 0 aromatic rings. The lowest BCUT2D eigenvalue weighted by atomic mass is 10.7. The summed E-state index contributed by atoms with van der Waals surface area (Å²) in [6, 6.07) is 0. The summed E-state index contributed by atoms with van der Waals surface area (Å²) in [5.41, 5.74) is 0. The second-order valence-electron chi connectivity index (χ2n) is 1.43. The van der Waals surface area contributed by atoms with E-state index in [0.717, 1.165) is 16.8 Å². The van der Waals surface area contributed by atoms with Gasteiger partial charge in [-0.1, -0.05) is 11.8 Å². The monoisotopic (exact) mass is 147 g/mol. The van der Waals surface area contributed by atoms with E-state index in [1.54, 1.807) is 0 Å². The Balaban J connectivity index is 2.66. The van der Waals surface area contributed by atoms with Crippen LogP contribution in [-0.4, -0.2) is 29.1 Å². The average molecular weight is 147 g/mol. The molecule has 1 fully saturated rings. The normalized spacial score (nSPS) is 19.4. The highest BCUT2D eigenvalue weighted by Crippen LogP contribution is 2.17. The van der Waals surface area contributed by atoms with Gasteiger partial charge in [-0.3, -0.25) is 14.4 Å². The van der Waals surface area contributed by atoms with Crippen LogP contribution < -0.4 is 0 Å². The molecule has 0 spiro atoms. The van der Waals surface area contributed by atoms with Gasteiger partial charge in [0.25, 0.3) is 5.91 Å². The van der Waals surface area contributed by atoms with Crippen LogP contribution in [-0.2, 0) is 9.63 Å².